The van der Waals surface area contributed by atoms with Crippen molar-refractivity contribution < 1.29 is 13.2 Å². The van der Waals surface area contributed by atoms with Gasteiger partial charge < -0.3 is 5.73 Å². The molecule has 0 bridgehead atoms. The number of rotatable bonds is 2. The summed E-state index contributed by atoms with van der Waals surface area (Å²) in [7, 11) is 0. The summed E-state index contributed by atoms with van der Waals surface area (Å²) in [5, 5.41) is 0. The van der Waals surface area contributed by atoms with E-state index in [1.54, 1.807) is 0 Å². The lowest BCUT2D eigenvalue weighted by Crippen LogP contribution is -2.24. The molecule has 1 nitrogen and oxygen atoms in total. The molecule has 0 heterocycles. The minimum Gasteiger partial charge on any atom is -0.324 e. The Morgan fingerprint density at radius 1 is 1.12 bits per heavy atom. The van der Waals surface area contributed by atoms with Crippen LogP contribution in [0.25, 0.3) is 0 Å². The number of benzene rings is 1. The Labute approximate surface area is 98.8 Å². The highest BCUT2D eigenvalue weighted by molar-refractivity contribution is 5.24. The van der Waals surface area contributed by atoms with Gasteiger partial charge in [-0.25, -0.2) is 13.2 Å². The lowest BCUT2D eigenvalue weighted by atomic mass is 9.86. The smallest absolute Gasteiger partial charge is 0.161 e. The van der Waals surface area contributed by atoms with Crippen LogP contribution >= 0.6 is 0 Å². The molecule has 3 unspecified atom stereocenters. The van der Waals surface area contributed by atoms with Gasteiger partial charge in [0.25, 0.3) is 0 Å². The molecule has 1 aromatic rings. The third kappa shape index (κ3) is 2.32. The van der Waals surface area contributed by atoms with Crippen molar-refractivity contribution in [2.24, 2.45) is 17.6 Å². The predicted molar refractivity (Wildman–Crippen MR) is 59.7 cm³/mol. The van der Waals surface area contributed by atoms with Gasteiger partial charge in [-0.05, 0) is 24.3 Å². The molecule has 1 aromatic carbocycles. The van der Waals surface area contributed by atoms with Crippen LogP contribution in [0.3, 0.4) is 0 Å². The molecule has 0 radical (unpaired) electrons. The van der Waals surface area contributed by atoms with Gasteiger partial charge in [0, 0.05) is 17.7 Å². The first-order valence-corrected chi connectivity index (χ1v) is 5.90. The highest BCUT2D eigenvalue weighted by Gasteiger charge is 2.31. The molecule has 17 heavy (non-hydrogen) atoms. The molecule has 0 saturated heterocycles. The summed E-state index contributed by atoms with van der Waals surface area (Å²) < 4.78 is 39.5. The monoisotopic (exact) mass is 243 g/mol. The Bertz CT molecular complexity index is 419. The first-order valence-electron chi connectivity index (χ1n) is 5.90. The van der Waals surface area contributed by atoms with Crippen molar-refractivity contribution in [1.29, 1.82) is 0 Å². The largest absolute Gasteiger partial charge is 0.324 e. The van der Waals surface area contributed by atoms with Crippen molar-refractivity contribution in [3.05, 3.63) is 35.1 Å². The molecular weight excluding hydrogens is 227 g/mol. The molecule has 1 saturated carbocycles. The van der Waals surface area contributed by atoms with Crippen LogP contribution < -0.4 is 5.73 Å². The van der Waals surface area contributed by atoms with Crippen LogP contribution in [-0.4, -0.2) is 0 Å². The van der Waals surface area contributed by atoms with E-state index in [1.807, 2.05) is 0 Å². The quantitative estimate of drug-likeness (QED) is 0.790. The summed E-state index contributed by atoms with van der Waals surface area (Å²) in [5.41, 5.74) is 6.07. The van der Waals surface area contributed by atoms with Crippen LogP contribution in [0.5, 0.6) is 0 Å². The minimum atomic E-state index is -1.17. The molecule has 1 aliphatic rings. The Morgan fingerprint density at radius 2 is 1.76 bits per heavy atom. The van der Waals surface area contributed by atoms with Crippen LogP contribution in [0.1, 0.15) is 37.8 Å². The van der Waals surface area contributed by atoms with Crippen molar-refractivity contribution in [3.63, 3.8) is 0 Å². The molecule has 0 amide bonds. The van der Waals surface area contributed by atoms with Gasteiger partial charge >= 0.3 is 0 Å². The fourth-order valence-electron chi connectivity index (χ4n) is 2.73. The van der Waals surface area contributed by atoms with E-state index in [9.17, 15) is 13.2 Å². The zero-order valence-electron chi connectivity index (χ0n) is 9.72. The van der Waals surface area contributed by atoms with E-state index in [-0.39, 0.29) is 11.5 Å². The van der Waals surface area contributed by atoms with Crippen molar-refractivity contribution >= 4 is 0 Å². The third-order valence-corrected chi connectivity index (χ3v) is 3.79. The molecular formula is C13H16F3N. The number of nitrogens with two attached hydrogens (primary N) is 1. The summed E-state index contributed by atoms with van der Waals surface area (Å²) in [6.07, 6.45) is 3.04. The van der Waals surface area contributed by atoms with Gasteiger partial charge in [-0.2, -0.15) is 0 Å². The van der Waals surface area contributed by atoms with Gasteiger partial charge in [0.1, 0.15) is 5.82 Å². The number of hydrogen-bond donors (Lipinski definition) is 1. The van der Waals surface area contributed by atoms with Crippen molar-refractivity contribution in [2.75, 3.05) is 0 Å². The fourth-order valence-corrected chi connectivity index (χ4v) is 2.73. The second kappa shape index (κ2) is 4.69. The summed E-state index contributed by atoms with van der Waals surface area (Å²) in [6.45, 7) is 2.06. The van der Waals surface area contributed by atoms with E-state index in [0.717, 1.165) is 25.3 Å². The van der Waals surface area contributed by atoms with Gasteiger partial charge in [-0.15, -0.1) is 0 Å². The first kappa shape index (κ1) is 12.4. The van der Waals surface area contributed by atoms with Crippen molar-refractivity contribution in [1.82, 2.24) is 0 Å². The van der Waals surface area contributed by atoms with Gasteiger partial charge in [0.2, 0.25) is 0 Å². The predicted octanol–water partition coefficient (Wildman–Crippen LogP) is 3.54. The summed E-state index contributed by atoms with van der Waals surface area (Å²) in [6, 6.07) is 0.910. The lowest BCUT2D eigenvalue weighted by Gasteiger charge is -2.24. The van der Waals surface area contributed by atoms with Crippen LogP contribution in [-0.2, 0) is 0 Å². The number of halogens is 3. The Balaban J connectivity index is 2.30. The van der Waals surface area contributed by atoms with Crippen LogP contribution in [0, 0.1) is 29.3 Å². The lowest BCUT2D eigenvalue weighted by molar-refractivity contribution is 0.341. The van der Waals surface area contributed by atoms with E-state index >= 15 is 0 Å². The van der Waals surface area contributed by atoms with E-state index in [1.165, 1.54) is 0 Å². The normalized spacial score (nSPS) is 26.2. The van der Waals surface area contributed by atoms with E-state index in [0.29, 0.717) is 12.0 Å². The molecule has 3 atom stereocenters. The average molecular weight is 243 g/mol. The topological polar surface area (TPSA) is 26.0 Å². The number of hydrogen-bond acceptors (Lipinski definition) is 1. The molecule has 1 aliphatic carbocycles. The zero-order valence-corrected chi connectivity index (χ0v) is 9.72. The molecule has 4 heteroatoms. The van der Waals surface area contributed by atoms with Crippen molar-refractivity contribution in [3.8, 4) is 0 Å². The highest BCUT2D eigenvalue weighted by atomic mass is 19.2. The molecule has 0 aromatic heterocycles. The second-order valence-electron chi connectivity index (χ2n) is 4.89. The van der Waals surface area contributed by atoms with Gasteiger partial charge in [-0.3, -0.25) is 0 Å². The van der Waals surface area contributed by atoms with Gasteiger partial charge in [0.15, 0.2) is 11.6 Å². The first-order chi connectivity index (χ1) is 8.00. The van der Waals surface area contributed by atoms with Gasteiger partial charge in [-0.1, -0.05) is 19.8 Å². The standard InChI is InChI=1S/C13H16F3N/c1-7-3-2-4-8(7)13(17)9-5-11(15)12(16)6-10(9)14/h5-8,13H,2-4,17H2,1H3. The minimum absolute atomic E-state index is 0.0858. The maximum atomic E-state index is 13.6. The molecule has 0 spiro atoms. The van der Waals surface area contributed by atoms with Crippen LogP contribution in [0.4, 0.5) is 13.2 Å². The molecule has 2 N–H and O–H groups in total. The maximum absolute atomic E-state index is 13.6. The Morgan fingerprint density at radius 3 is 2.35 bits per heavy atom. The van der Waals surface area contributed by atoms with E-state index in [2.05, 4.69) is 6.92 Å². The Kier molecular flexibility index (Phi) is 3.43. The Hall–Kier alpha value is -1.03. The molecule has 2 rings (SSSR count). The SMILES string of the molecule is CC1CCCC1C(N)c1cc(F)c(F)cc1F. The molecule has 0 aliphatic heterocycles. The van der Waals surface area contributed by atoms with E-state index < -0.39 is 23.5 Å². The van der Waals surface area contributed by atoms with Crippen LogP contribution in [0.15, 0.2) is 12.1 Å². The average Bonchev–Trinajstić information content (AvgIpc) is 2.69. The third-order valence-electron chi connectivity index (χ3n) is 3.79. The second-order valence-corrected chi connectivity index (χ2v) is 4.89. The van der Waals surface area contributed by atoms with E-state index in [4.69, 9.17) is 5.73 Å². The summed E-state index contributed by atoms with van der Waals surface area (Å²) >= 11 is 0. The van der Waals surface area contributed by atoms with Gasteiger partial charge in [0.05, 0.1) is 0 Å². The fraction of sp³-hybridized carbons (Fsp3) is 0.538. The highest BCUT2D eigenvalue weighted by Crippen LogP contribution is 2.39. The molecule has 94 valence electrons. The molecule has 1 fully saturated rings. The summed E-state index contributed by atoms with van der Waals surface area (Å²) in [4.78, 5) is 0. The van der Waals surface area contributed by atoms with Crippen LogP contribution in [0.2, 0.25) is 0 Å². The summed E-state index contributed by atoms with van der Waals surface area (Å²) in [5.74, 6) is -2.41. The maximum Gasteiger partial charge on any atom is 0.161 e. The zero-order chi connectivity index (χ0) is 12.6. The van der Waals surface area contributed by atoms with Crippen molar-refractivity contribution in [2.45, 2.75) is 32.2 Å².